The van der Waals surface area contributed by atoms with E-state index in [2.05, 4.69) is 25.6 Å². The topological polar surface area (TPSA) is 109 Å². The summed E-state index contributed by atoms with van der Waals surface area (Å²) in [5.41, 5.74) is 0.797. The highest BCUT2D eigenvalue weighted by atomic mass is 32.1. The van der Waals surface area contributed by atoms with Crippen molar-refractivity contribution in [2.75, 3.05) is 0 Å². The molecule has 0 saturated carbocycles. The Hall–Kier alpha value is -3.40. The first-order valence-corrected chi connectivity index (χ1v) is 8.51. The van der Waals surface area contributed by atoms with Gasteiger partial charge in [0.2, 0.25) is 11.7 Å². The largest absolute Gasteiger partial charge is 0.454 e. The molecule has 1 aromatic carbocycles. The lowest BCUT2D eigenvalue weighted by Gasteiger charge is -2.00. The Bertz CT molecular complexity index is 996. The van der Waals surface area contributed by atoms with Crippen LogP contribution < -0.4 is 0 Å². The fourth-order valence-corrected chi connectivity index (χ4v) is 2.78. The number of tetrazole rings is 1. The van der Waals surface area contributed by atoms with Gasteiger partial charge in [-0.3, -0.25) is 0 Å². The van der Waals surface area contributed by atoms with E-state index in [0.29, 0.717) is 11.7 Å². The molecule has 0 aliphatic rings. The van der Waals surface area contributed by atoms with E-state index >= 15 is 0 Å². The molecule has 0 amide bonds. The maximum atomic E-state index is 11.9. The SMILES string of the molecule is O=C(Cn1nnc(-c2cccs2)n1)OCc1nnc(-c2ccccc2)o1. The number of thiophene rings is 1. The smallest absolute Gasteiger partial charge is 0.330 e. The summed E-state index contributed by atoms with van der Waals surface area (Å²) in [6.45, 7) is -0.275. The van der Waals surface area contributed by atoms with Gasteiger partial charge in [-0.1, -0.05) is 24.3 Å². The third-order valence-electron chi connectivity index (χ3n) is 3.31. The first kappa shape index (κ1) is 16.1. The standard InChI is InChI=1S/C16H12N6O3S/c23-14(9-22-20-15(18-21-22)12-7-4-8-26-12)24-10-13-17-19-16(25-13)11-5-2-1-3-6-11/h1-8H,9-10H2. The Balaban J connectivity index is 1.32. The molecule has 0 radical (unpaired) electrons. The maximum Gasteiger partial charge on any atom is 0.330 e. The number of carbonyl (C=O) groups is 1. The van der Waals surface area contributed by atoms with Crippen LogP contribution in [0.2, 0.25) is 0 Å². The van der Waals surface area contributed by atoms with Crippen molar-refractivity contribution in [3.63, 3.8) is 0 Å². The highest BCUT2D eigenvalue weighted by molar-refractivity contribution is 7.13. The van der Waals surface area contributed by atoms with Crippen LogP contribution in [0.25, 0.3) is 22.2 Å². The van der Waals surface area contributed by atoms with Crippen LogP contribution in [0.5, 0.6) is 0 Å². The van der Waals surface area contributed by atoms with E-state index in [1.54, 1.807) is 0 Å². The highest BCUT2D eigenvalue weighted by Gasteiger charge is 2.13. The molecular weight excluding hydrogens is 356 g/mol. The summed E-state index contributed by atoms with van der Waals surface area (Å²) < 4.78 is 10.6. The van der Waals surface area contributed by atoms with Gasteiger partial charge in [0.1, 0.15) is 0 Å². The summed E-state index contributed by atoms with van der Waals surface area (Å²) in [4.78, 5) is 14.0. The molecule has 10 heteroatoms. The number of esters is 1. The van der Waals surface area contributed by atoms with E-state index in [9.17, 15) is 4.79 Å². The Morgan fingerprint density at radius 2 is 2.00 bits per heavy atom. The molecule has 3 heterocycles. The van der Waals surface area contributed by atoms with Crippen LogP contribution in [0.4, 0.5) is 0 Å². The minimum atomic E-state index is -0.528. The number of hydrogen-bond acceptors (Lipinski definition) is 9. The van der Waals surface area contributed by atoms with E-state index in [1.807, 2.05) is 47.8 Å². The predicted molar refractivity (Wildman–Crippen MR) is 90.7 cm³/mol. The molecule has 9 nitrogen and oxygen atoms in total. The molecule has 0 spiro atoms. The van der Waals surface area contributed by atoms with Gasteiger partial charge in [0, 0.05) is 5.56 Å². The number of aromatic nitrogens is 6. The molecule has 0 aliphatic heterocycles. The Morgan fingerprint density at radius 3 is 2.81 bits per heavy atom. The quantitative estimate of drug-likeness (QED) is 0.477. The summed E-state index contributed by atoms with van der Waals surface area (Å²) in [6.07, 6.45) is 0. The van der Waals surface area contributed by atoms with Crippen LogP contribution >= 0.6 is 11.3 Å². The molecule has 0 aliphatic carbocycles. The zero-order valence-corrected chi connectivity index (χ0v) is 14.2. The monoisotopic (exact) mass is 368 g/mol. The van der Waals surface area contributed by atoms with Gasteiger partial charge in [0.15, 0.2) is 13.2 Å². The van der Waals surface area contributed by atoms with Gasteiger partial charge in [-0.15, -0.1) is 31.7 Å². The van der Waals surface area contributed by atoms with Crippen molar-refractivity contribution in [1.82, 2.24) is 30.4 Å². The van der Waals surface area contributed by atoms with E-state index in [-0.39, 0.29) is 19.0 Å². The maximum absolute atomic E-state index is 11.9. The lowest BCUT2D eigenvalue weighted by Crippen LogP contribution is -2.15. The van der Waals surface area contributed by atoms with Gasteiger partial charge in [0.05, 0.1) is 4.88 Å². The molecule has 0 bridgehead atoms. The van der Waals surface area contributed by atoms with Gasteiger partial charge in [0.25, 0.3) is 5.89 Å². The number of ether oxygens (including phenoxy) is 1. The zero-order valence-electron chi connectivity index (χ0n) is 13.3. The van der Waals surface area contributed by atoms with E-state index in [0.717, 1.165) is 10.4 Å². The van der Waals surface area contributed by atoms with E-state index in [4.69, 9.17) is 9.15 Å². The van der Waals surface area contributed by atoms with Crippen molar-refractivity contribution in [3.05, 3.63) is 53.7 Å². The number of carbonyl (C=O) groups excluding carboxylic acids is 1. The molecule has 0 N–H and O–H groups in total. The number of hydrogen-bond donors (Lipinski definition) is 0. The molecule has 4 aromatic rings. The molecule has 3 aromatic heterocycles. The van der Waals surface area contributed by atoms with Gasteiger partial charge >= 0.3 is 5.97 Å². The van der Waals surface area contributed by atoms with Crippen LogP contribution in [0, 0.1) is 0 Å². The van der Waals surface area contributed by atoms with Crippen molar-refractivity contribution in [3.8, 4) is 22.2 Å². The second-order valence-corrected chi connectivity index (χ2v) is 6.10. The van der Waals surface area contributed by atoms with Crippen LogP contribution in [0.1, 0.15) is 5.89 Å². The summed E-state index contributed by atoms with van der Waals surface area (Å²) in [6, 6.07) is 13.1. The van der Waals surface area contributed by atoms with Gasteiger partial charge in [-0.25, -0.2) is 4.79 Å². The second-order valence-electron chi connectivity index (χ2n) is 5.15. The van der Waals surface area contributed by atoms with Crippen molar-refractivity contribution in [2.45, 2.75) is 13.2 Å². The third-order valence-corrected chi connectivity index (χ3v) is 4.17. The number of rotatable bonds is 6. The summed E-state index contributed by atoms with van der Waals surface area (Å²) in [5.74, 6) is 0.523. The molecule has 0 unspecified atom stereocenters. The molecule has 0 fully saturated rings. The Morgan fingerprint density at radius 1 is 1.12 bits per heavy atom. The zero-order chi connectivity index (χ0) is 17.8. The summed E-state index contributed by atoms with van der Waals surface area (Å²) in [5, 5.41) is 21.6. The second kappa shape index (κ2) is 7.23. The van der Waals surface area contributed by atoms with E-state index in [1.165, 1.54) is 16.1 Å². The lowest BCUT2D eigenvalue weighted by atomic mass is 10.2. The fourth-order valence-electron chi connectivity index (χ4n) is 2.13. The predicted octanol–water partition coefficient (Wildman–Crippen LogP) is 2.20. The van der Waals surface area contributed by atoms with Crippen LogP contribution in [-0.4, -0.2) is 36.4 Å². The van der Waals surface area contributed by atoms with Crippen molar-refractivity contribution >= 4 is 17.3 Å². The molecule has 130 valence electrons. The molecule has 0 atom stereocenters. The summed E-state index contributed by atoms with van der Waals surface area (Å²) in [7, 11) is 0. The van der Waals surface area contributed by atoms with Crippen molar-refractivity contribution < 1.29 is 13.9 Å². The minimum Gasteiger partial charge on any atom is -0.454 e. The van der Waals surface area contributed by atoms with E-state index < -0.39 is 5.97 Å². The van der Waals surface area contributed by atoms with Gasteiger partial charge < -0.3 is 9.15 Å². The minimum absolute atomic E-state index is 0.120. The van der Waals surface area contributed by atoms with Gasteiger partial charge in [-0.2, -0.15) is 4.80 Å². The first-order valence-electron chi connectivity index (χ1n) is 7.63. The first-order chi connectivity index (χ1) is 12.8. The Kier molecular flexibility index (Phi) is 4.48. The van der Waals surface area contributed by atoms with Gasteiger partial charge in [-0.05, 0) is 28.8 Å². The van der Waals surface area contributed by atoms with Crippen LogP contribution in [0.3, 0.4) is 0 Å². The average molecular weight is 368 g/mol. The normalized spacial score (nSPS) is 10.8. The van der Waals surface area contributed by atoms with Crippen molar-refractivity contribution in [2.24, 2.45) is 0 Å². The average Bonchev–Trinajstić information content (AvgIpc) is 3.41. The molecule has 0 saturated heterocycles. The molecule has 26 heavy (non-hydrogen) atoms. The third kappa shape index (κ3) is 3.64. The highest BCUT2D eigenvalue weighted by Crippen LogP contribution is 2.19. The van der Waals surface area contributed by atoms with Crippen LogP contribution in [0.15, 0.2) is 52.3 Å². The number of benzene rings is 1. The summed E-state index contributed by atoms with van der Waals surface area (Å²) >= 11 is 1.49. The molecular formula is C16H12N6O3S. The van der Waals surface area contributed by atoms with Crippen LogP contribution in [-0.2, 0) is 22.7 Å². The fraction of sp³-hybridized carbons (Fsp3) is 0.125. The Labute approximate surface area is 151 Å². The van der Waals surface area contributed by atoms with Crippen molar-refractivity contribution in [1.29, 1.82) is 0 Å². The number of nitrogens with zero attached hydrogens (tertiary/aromatic N) is 6. The lowest BCUT2D eigenvalue weighted by molar-refractivity contribution is -0.146. The molecule has 4 rings (SSSR count).